The molecule has 0 bridgehead atoms. The first kappa shape index (κ1) is 13.7. The molecule has 0 radical (unpaired) electrons. The van der Waals surface area contributed by atoms with Crippen molar-refractivity contribution in [1.29, 1.82) is 0 Å². The number of ether oxygens (including phenoxy) is 1. The van der Waals surface area contributed by atoms with Gasteiger partial charge in [-0.2, -0.15) is 0 Å². The zero-order chi connectivity index (χ0) is 13.7. The molecule has 0 heterocycles. The van der Waals surface area contributed by atoms with E-state index in [0.29, 0.717) is 12.5 Å². The molecular weight excluding hydrogens is 242 g/mol. The summed E-state index contributed by atoms with van der Waals surface area (Å²) in [5, 5.41) is 12.4. The second-order valence-corrected chi connectivity index (χ2v) is 5.07. The maximum absolute atomic E-state index is 9.36. The average molecular weight is 263 g/mol. The fraction of sp³-hybridized carbons (Fsp3) is 0.500. The van der Waals surface area contributed by atoms with Crippen LogP contribution in [-0.2, 0) is 0 Å². The van der Waals surface area contributed by atoms with Gasteiger partial charge in [-0.05, 0) is 25.0 Å². The lowest BCUT2D eigenvalue weighted by Gasteiger charge is -2.38. The van der Waals surface area contributed by atoms with Gasteiger partial charge in [0.1, 0.15) is 5.75 Å². The van der Waals surface area contributed by atoms with Gasteiger partial charge in [0.15, 0.2) is 5.96 Å². The third kappa shape index (κ3) is 3.38. The van der Waals surface area contributed by atoms with Crippen molar-refractivity contribution in [3.05, 3.63) is 24.3 Å². The van der Waals surface area contributed by atoms with Gasteiger partial charge in [0.2, 0.25) is 0 Å². The molecule has 0 unspecified atom stereocenters. The molecule has 1 aromatic rings. The molecule has 1 aromatic carbocycles. The number of aliphatic hydroxyl groups is 1. The van der Waals surface area contributed by atoms with Crippen molar-refractivity contribution in [3.8, 4) is 5.75 Å². The van der Waals surface area contributed by atoms with Crippen LogP contribution in [0.1, 0.15) is 19.3 Å². The molecule has 1 saturated carbocycles. The molecule has 4 N–H and O–H groups in total. The fourth-order valence-electron chi connectivity index (χ4n) is 2.18. The summed E-state index contributed by atoms with van der Waals surface area (Å²) in [6, 6.07) is 7.51. The van der Waals surface area contributed by atoms with E-state index >= 15 is 0 Å². The van der Waals surface area contributed by atoms with E-state index in [1.165, 1.54) is 6.42 Å². The summed E-state index contributed by atoms with van der Waals surface area (Å²) in [5.74, 6) is 1.14. The Balaban J connectivity index is 1.94. The first-order valence-electron chi connectivity index (χ1n) is 6.49. The van der Waals surface area contributed by atoms with Crippen molar-refractivity contribution >= 4 is 11.6 Å². The van der Waals surface area contributed by atoms with Gasteiger partial charge in [-0.1, -0.05) is 12.5 Å². The van der Waals surface area contributed by atoms with Gasteiger partial charge in [-0.15, -0.1) is 0 Å². The van der Waals surface area contributed by atoms with E-state index in [1.807, 2.05) is 24.3 Å². The number of hydrogen-bond acceptors (Lipinski definition) is 3. The van der Waals surface area contributed by atoms with Gasteiger partial charge in [0.25, 0.3) is 0 Å². The van der Waals surface area contributed by atoms with Crippen LogP contribution in [0.3, 0.4) is 0 Å². The van der Waals surface area contributed by atoms with Crippen molar-refractivity contribution in [2.45, 2.75) is 19.3 Å². The van der Waals surface area contributed by atoms with E-state index in [-0.39, 0.29) is 12.0 Å². The molecule has 5 nitrogen and oxygen atoms in total. The third-order valence-electron chi connectivity index (χ3n) is 3.68. The van der Waals surface area contributed by atoms with Crippen LogP contribution in [0.25, 0.3) is 0 Å². The molecule has 19 heavy (non-hydrogen) atoms. The lowest BCUT2D eigenvalue weighted by molar-refractivity contribution is 0.0540. The highest BCUT2D eigenvalue weighted by atomic mass is 16.5. The molecule has 1 aliphatic rings. The van der Waals surface area contributed by atoms with E-state index in [4.69, 9.17) is 10.5 Å². The molecule has 0 aromatic heterocycles. The predicted molar refractivity (Wildman–Crippen MR) is 76.5 cm³/mol. The topological polar surface area (TPSA) is 79.9 Å². The minimum Gasteiger partial charge on any atom is -0.497 e. The number of methoxy groups -OCH3 is 1. The highest BCUT2D eigenvalue weighted by Crippen LogP contribution is 2.40. The summed E-state index contributed by atoms with van der Waals surface area (Å²) in [5.41, 5.74) is 6.65. The third-order valence-corrected chi connectivity index (χ3v) is 3.68. The number of anilines is 1. The molecule has 0 spiro atoms. The number of aliphatic hydroxyl groups excluding tert-OH is 1. The maximum Gasteiger partial charge on any atom is 0.193 e. The standard InChI is InChI=1S/C14H21N3O2/c1-19-12-5-2-4-11(8-12)17-13(15)16-9-14(10-18)6-3-7-14/h2,4-5,8,18H,3,6-7,9-10H2,1H3,(H3,15,16,17). The second-order valence-electron chi connectivity index (χ2n) is 5.07. The molecule has 1 fully saturated rings. The van der Waals surface area contributed by atoms with Crippen LogP contribution in [0.2, 0.25) is 0 Å². The van der Waals surface area contributed by atoms with Crippen LogP contribution < -0.4 is 15.8 Å². The lowest BCUT2D eigenvalue weighted by Crippen LogP contribution is -2.37. The molecular formula is C14H21N3O2. The number of aliphatic imine (C=N–C) groups is 1. The summed E-state index contributed by atoms with van der Waals surface area (Å²) < 4.78 is 5.14. The van der Waals surface area contributed by atoms with Crippen molar-refractivity contribution in [2.24, 2.45) is 16.1 Å². The van der Waals surface area contributed by atoms with E-state index in [9.17, 15) is 5.11 Å². The van der Waals surface area contributed by atoms with Crippen molar-refractivity contribution in [2.75, 3.05) is 25.6 Å². The smallest absolute Gasteiger partial charge is 0.193 e. The summed E-state index contributed by atoms with van der Waals surface area (Å²) in [6.07, 6.45) is 3.22. The molecule has 0 amide bonds. The molecule has 0 saturated heterocycles. The maximum atomic E-state index is 9.36. The van der Waals surface area contributed by atoms with Crippen molar-refractivity contribution in [1.82, 2.24) is 0 Å². The largest absolute Gasteiger partial charge is 0.497 e. The Morgan fingerprint density at radius 1 is 1.53 bits per heavy atom. The fourth-order valence-corrected chi connectivity index (χ4v) is 2.18. The quantitative estimate of drug-likeness (QED) is 0.556. The number of rotatable bonds is 5. The molecule has 2 rings (SSSR count). The summed E-state index contributed by atoms with van der Waals surface area (Å²) in [7, 11) is 1.62. The van der Waals surface area contributed by atoms with Crippen molar-refractivity contribution < 1.29 is 9.84 Å². The van der Waals surface area contributed by atoms with Gasteiger partial charge in [0, 0.05) is 17.2 Å². The van der Waals surface area contributed by atoms with Crippen LogP contribution in [0.4, 0.5) is 5.69 Å². The highest BCUT2D eigenvalue weighted by molar-refractivity contribution is 5.92. The molecule has 0 atom stereocenters. The van der Waals surface area contributed by atoms with Crippen LogP contribution >= 0.6 is 0 Å². The molecule has 5 heteroatoms. The summed E-state index contributed by atoms with van der Waals surface area (Å²) in [6.45, 7) is 0.759. The van der Waals surface area contributed by atoms with E-state index in [0.717, 1.165) is 24.3 Å². The monoisotopic (exact) mass is 263 g/mol. The SMILES string of the molecule is COc1cccc(NC(N)=NCC2(CO)CCC2)c1. The van der Waals surface area contributed by atoms with Crippen LogP contribution in [0.5, 0.6) is 5.75 Å². The summed E-state index contributed by atoms with van der Waals surface area (Å²) in [4.78, 5) is 4.32. The second kappa shape index (κ2) is 5.93. The Kier molecular flexibility index (Phi) is 4.27. The van der Waals surface area contributed by atoms with E-state index in [2.05, 4.69) is 10.3 Å². The highest BCUT2D eigenvalue weighted by Gasteiger charge is 2.36. The van der Waals surface area contributed by atoms with Gasteiger partial charge >= 0.3 is 0 Å². The minimum atomic E-state index is -0.0410. The number of nitrogens with zero attached hydrogens (tertiary/aromatic N) is 1. The number of nitrogens with two attached hydrogens (primary N) is 1. The van der Waals surface area contributed by atoms with Gasteiger partial charge in [0.05, 0.1) is 20.3 Å². The van der Waals surface area contributed by atoms with Gasteiger partial charge in [-0.3, -0.25) is 4.99 Å². The number of hydrogen-bond donors (Lipinski definition) is 3. The van der Waals surface area contributed by atoms with Gasteiger partial charge in [-0.25, -0.2) is 0 Å². The first-order valence-corrected chi connectivity index (χ1v) is 6.49. The zero-order valence-corrected chi connectivity index (χ0v) is 11.2. The Morgan fingerprint density at radius 2 is 2.32 bits per heavy atom. The van der Waals surface area contributed by atoms with E-state index in [1.54, 1.807) is 7.11 Å². The number of guanidine groups is 1. The van der Waals surface area contributed by atoms with Crippen LogP contribution in [0, 0.1) is 5.41 Å². The van der Waals surface area contributed by atoms with Crippen LogP contribution in [0.15, 0.2) is 29.3 Å². The lowest BCUT2D eigenvalue weighted by atomic mass is 9.69. The van der Waals surface area contributed by atoms with Crippen LogP contribution in [-0.4, -0.2) is 31.3 Å². The molecule has 0 aliphatic heterocycles. The number of nitrogens with one attached hydrogen (secondary N) is 1. The van der Waals surface area contributed by atoms with Crippen molar-refractivity contribution in [3.63, 3.8) is 0 Å². The first-order chi connectivity index (χ1) is 9.17. The Bertz CT molecular complexity index is 450. The normalized spacial score (nSPS) is 17.7. The summed E-state index contributed by atoms with van der Waals surface area (Å²) >= 11 is 0. The Hall–Kier alpha value is -1.75. The predicted octanol–water partition coefficient (Wildman–Crippen LogP) is 1.58. The van der Waals surface area contributed by atoms with Gasteiger partial charge < -0.3 is 20.9 Å². The van der Waals surface area contributed by atoms with E-state index < -0.39 is 0 Å². The molecule has 104 valence electrons. The Morgan fingerprint density at radius 3 is 2.89 bits per heavy atom. The zero-order valence-electron chi connectivity index (χ0n) is 11.2. The Labute approximate surface area is 113 Å². The minimum absolute atomic E-state index is 0.0410. The number of benzene rings is 1. The average Bonchev–Trinajstić information content (AvgIpc) is 2.38. The molecule has 1 aliphatic carbocycles.